The van der Waals surface area contributed by atoms with Gasteiger partial charge in [-0.05, 0) is 28.3 Å². The molecule has 1 N–H and O–H groups in total. The monoisotopic (exact) mass is 235 g/mol. The summed E-state index contributed by atoms with van der Waals surface area (Å²) >= 11 is 6.39. The zero-order chi connectivity index (χ0) is 7.56. The molecule has 0 saturated heterocycles. The molecule has 0 spiro atoms. The Morgan fingerprint density at radius 2 is 2.50 bits per heavy atom. The lowest BCUT2D eigenvalue weighted by Gasteiger charge is -1.90. The van der Waals surface area contributed by atoms with Gasteiger partial charge in [0.15, 0.2) is 0 Å². The molecule has 10 heavy (non-hydrogen) atoms. The summed E-state index contributed by atoms with van der Waals surface area (Å²) in [5.41, 5.74) is 0. The van der Waals surface area contributed by atoms with Crippen molar-refractivity contribution >= 4 is 44.1 Å². The average Bonchev–Trinajstić information content (AvgIpc) is 2.34. The molecule has 0 amide bonds. The SMILES string of the molecule is CSC(=N)c1cc(Br)cs1. The average molecular weight is 236 g/mol. The fraction of sp³-hybridized carbons (Fsp3) is 0.167. The van der Waals surface area contributed by atoms with E-state index in [2.05, 4.69) is 15.9 Å². The van der Waals surface area contributed by atoms with Crippen LogP contribution in [0.1, 0.15) is 4.88 Å². The standard InChI is InChI=1S/C6H6BrNS2/c1-9-6(8)5-2-4(7)3-10-5/h2-3,8H,1H3. The van der Waals surface area contributed by atoms with Crippen LogP contribution in [0.2, 0.25) is 0 Å². The maximum absolute atomic E-state index is 7.44. The maximum atomic E-state index is 7.44. The van der Waals surface area contributed by atoms with Crippen LogP contribution in [0.15, 0.2) is 15.9 Å². The molecule has 1 rings (SSSR count). The van der Waals surface area contributed by atoms with Gasteiger partial charge in [-0.1, -0.05) is 0 Å². The molecular weight excluding hydrogens is 230 g/mol. The Balaban J connectivity index is 2.85. The normalized spacial score (nSPS) is 9.80. The van der Waals surface area contributed by atoms with E-state index < -0.39 is 0 Å². The highest BCUT2D eigenvalue weighted by molar-refractivity contribution is 9.10. The Morgan fingerprint density at radius 3 is 2.90 bits per heavy atom. The van der Waals surface area contributed by atoms with E-state index in [9.17, 15) is 0 Å². The predicted molar refractivity (Wildman–Crippen MR) is 52.4 cm³/mol. The van der Waals surface area contributed by atoms with Gasteiger partial charge in [-0.15, -0.1) is 23.1 Å². The summed E-state index contributed by atoms with van der Waals surface area (Å²) in [5, 5.41) is 10.1. The minimum absolute atomic E-state index is 0.635. The summed E-state index contributed by atoms with van der Waals surface area (Å²) in [6.45, 7) is 0. The van der Waals surface area contributed by atoms with E-state index in [1.54, 1.807) is 11.3 Å². The third-order valence-electron chi connectivity index (χ3n) is 0.995. The molecule has 0 atom stereocenters. The van der Waals surface area contributed by atoms with Gasteiger partial charge in [0.05, 0.1) is 4.88 Å². The van der Waals surface area contributed by atoms with E-state index >= 15 is 0 Å². The first-order chi connectivity index (χ1) is 4.74. The van der Waals surface area contributed by atoms with Gasteiger partial charge in [-0.25, -0.2) is 0 Å². The minimum atomic E-state index is 0.635. The molecule has 54 valence electrons. The van der Waals surface area contributed by atoms with Crippen molar-refractivity contribution in [3.05, 3.63) is 20.8 Å². The second-order valence-corrected chi connectivity index (χ2v) is 4.31. The van der Waals surface area contributed by atoms with Gasteiger partial charge in [-0.3, -0.25) is 5.41 Å². The predicted octanol–water partition coefficient (Wildman–Crippen LogP) is 3.20. The molecule has 0 radical (unpaired) electrons. The lowest BCUT2D eigenvalue weighted by molar-refractivity contribution is 1.56. The van der Waals surface area contributed by atoms with Crippen LogP contribution >= 0.6 is 39.0 Å². The summed E-state index contributed by atoms with van der Waals surface area (Å²) < 4.78 is 1.06. The Hall–Kier alpha value is 0.200. The van der Waals surface area contributed by atoms with Crippen molar-refractivity contribution < 1.29 is 0 Å². The topological polar surface area (TPSA) is 23.9 Å². The smallest absolute Gasteiger partial charge is 0.104 e. The lowest BCUT2D eigenvalue weighted by atomic mass is 10.5. The van der Waals surface area contributed by atoms with Crippen LogP contribution in [-0.2, 0) is 0 Å². The molecule has 0 saturated carbocycles. The number of thiophene rings is 1. The van der Waals surface area contributed by atoms with Crippen molar-refractivity contribution in [3.8, 4) is 0 Å². The molecule has 0 aliphatic rings. The number of halogens is 1. The van der Waals surface area contributed by atoms with Crippen LogP contribution in [0.25, 0.3) is 0 Å². The van der Waals surface area contributed by atoms with E-state index in [-0.39, 0.29) is 0 Å². The highest BCUT2D eigenvalue weighted by atomic mass is 79.9. The summed E-state index contributed by atoms with van der Waals surface area (Å²) in [6, 6.07) is 1.96. The third kappa shape index (κ3) is 1.84. The molecule has 0 unspecified atom stereocenters. The number of thioether (sulfide) groups is 1. The van der Waals surface area contributed by atoms with Gasteiger partial charge in [0.2, 0.25) is 0 Å². The quantitative estimate of drug-likeness (QED) is 0.587. The minimum Gasteiger partial charge on any atom is -0.293 e. The molecule has 1 aromatic heterocycles. The van der Waals surface area contributed by atoms with Crippen LogP contribution in [-0.4, -0.2) is 11.3 Å². The van der Waals surface area contributed by atoms with E-state index in [1.807, 2.05) is 17.7 Å². The molecule has 1 heterocycles. The molecule has 4 heteroatoms. The highest BCUT2D eigenvalue weighted by Crippen LogP contribution is 2.22. The van der Waals surface area contributed by atoms with Gasteiger partial charge in [0, 0.05) is 9.85 Å². The van der Waals surface area contributed by atoms with Gasteiger partial charge >= 0.3 is 0 Å². The van der Waals surface area contributed by atoms with E-state index in [4.69, 9.17) is 5.41 Å². The third-order valence-corrected chi connectivity index (χ3v) is 3.46. The van der Waals surface area contributed by atoms with Gasteiger partial charge in [-0.2, -0.15) is 0 Å². The summed E-state index contributed by atoms with van der Waals surface area (Å²) in [6.07, 6.45) is 1.91. The summed E-state index contributed by atoms with van der Waals surface area (Å²) in [4.78, 5) is 1.03. The first-order valence-electron chi connectivity index (χ1n) is 2.61. The summed E-state index contributed by atoms with van der Waals surface area (Å²) in [5.74, 6) is 0. The Kier molecular flexibility index (Phi) is 2.95. The van der Waals surface area contributed by atoms with E-state index in [0.29, 0.717) is 5.04 Å². The Morgan fingerprint density at radius 1 is 1.80 bits per heavy atom. The molecule has 0 aliphatic heterocycles. The number of rotatable bonds is 1. The van der Waals surface area contributed by atoms with Crippen molar-refractivity contribution in [2.45, 2.75) is 0 Å². The maximum Gasteiger partial charge on any atom is 0.104 e. The number of nitrogens with one attached hydrogen (secondary N) is 1. The molecule has 1 nitrogen and oxygen atoms in total. The van der Waals surface area contributed by atoms with Gasteiger partial charge in [0.1, 0.15) is 5.04 Å². The fourth-order valence-electron chi connectivity index (χ4n) is 0.533. The van der Waals surface area contributed by atoms with Crippen LogP contribution in [0.3, 0.4) is 0 Å². The fourth-order valence-corrected chi connectivity index (χ4v) is 2.46. The van der Waals surface area contributed by atoms with Gasteiger partial charge < -0.3 is 0 Å². The molecule has 0 bridgehead atoms. The second-order valence-electron chi connectivity index (χ2n) is 1.66. The lowest BCUT2D eigenvalue weighted by Crippen LogP contribution is -1.84. The largest absolute Gasteiger partial charge is 0.293 e. The number of hydrogen-bond donors (Lipinski definition) is 1. The van der Waals surface area contributed by atoms with Crippen LogP contribution in [0, 0.1) is 5.41 Å². The van der Waals surface area contributed by atoms with E-state index in [1.165, 1.54) is 11.8 Å². The van der Waals surface area contributed by atoms with Crippen LogP contribution in [0.4, 0.5) is 0 Å². The van der Waals surface area contributed by atoms with E-state index in [0.717, 1.165) is 9.35 Å². The molecule has 1 aromatic rings. The van der Waals surface area contributed by atoms with Crippen LogP contribution < -0.4 is 0 Å². The van der Waals surface area contributed by atoms with Crippen LogP contribution in [0.5, 0.6) is 0 Å². The highest BCUT2D eigenvalue weighted by Gasteiger charge is 2.01. The van der Waals surface area contributed by atoms with Crippen molar-refractivity contribution in [1.29, 1.82) is 5.41 Å². The summed E-state index contributed by atoms with van der Waals surface area (Å²) in [7, 11) is 0. The first kappa shape index (κ1) is 8.30. The first-order valence-corrected chi connectivity index (χ1v) is 5.50. The zero-order valence-corrected chi connectivity index (χ0v) is 8.57. The van der Waals surface area contributed by atoms with Crippen molar-refractivity contribution in [2.75, 3.05) is 6.26 Å². The Labute approximate surface area is 76.5 Å². The second kappa shape index (κ2) is 3.55. The molecule has 0 fully saturated rings. The number of hydrogen-bond acceptors (Lipinski definition) is 3. The Bertz CT molecular complexity index is 244. The molecular formula is C6H6BrNS2. The zero-order valence-electron chi connectivity index (χ0n) is 5.35. The molecule has 0 aromatic carbocycles. The molecule has 0 aliphatic carbocycles. The van der Waals surface area contributed by atoms with Crippen molar-refractivity contribution in [1.82, 2.24) is 0 Å². The van der Waals surface area contributed by atoms with Crippen molar-refractivity contribution in [2.24, 2.45) is 0 Å². The van der Waals surface area contributed by atoms with Crippen molar-refractivity contribution in [3.63, 3.8) is 0 Å². The van der Waals surface area contributed by atoms with Gasteiger partial charge in [0.25, 0.3) is 0 Å².